The minimum Gasteiger partial charge on any atom is -0.325 e. The molecule has 2 heterocycles. The molecule has 1 aromatic carbocycles. The van der Waals surface area contributed by atoms with Gasteiger partial charge in [-0.15, -0.1) is 12.4 Å². The number of aromatic nitrogens is 2. The number of imidazole rings is 1. The summed E-state index contributed by atoms with van der Waals surface area (Å²) in [5, 5.41) is 3.38. The molecule has 3 rings (SSSR count). The van der Waals surface area contributed by atoms with E-state index in [0.717, 1.165) is 49.2 Å². The van der Waals surface area contributed by atoms with Crippen LogP contribution < -0.4 is 5.32 Å². The molecule has 0 atom stereocenters. The van der Waals surface area contributed by atoms with Crippen molar-refractivity contribution in [2.75, 3.05) is 13.1 Å². The summed E-state index contributed by atoms with van der Waals surface area (Å²) in [5.74, 6) is 0.864. The molecule has 0 aliphatic carbocycles. The zero-order chi connectivity index (χ0) is 12.5. The molecule has 0 bridgehead atoms. The van der Waals surface area contributed by atoms with E-state index >= 15 is 0 Å². The standard InChI is InChI=1S/C14H18FN3.ClH/c1-2-14-17-12-9-10(15)3-4-13(12)18(14)11-5-7-16-8-6-11;/h3-4,9,11,16H,2,5-8H2,1H3;1H. The lowest BCUT2D eigenvalue weighted by Crippen LogP contribution is -2.30. The average Bonchev–Trinajstić information content (AvgIpc) is 2.77. The number of nitrogens with one attached hydrogen (secondary N) is 1. The Balaban J connectivity index is 0.00000133. The minimum absolute atomic E-state index is 0. The largest absolute Gasteiger partial charge is 0.325 e. The topological polar surface area (TPSA) is 29.9 Å². The first-order chi connectivity index (χ1) is 8.79. The average molecular weight is 284 g/mol. The van der Waals surface area contributed by atoms with Crippen LogP contribution in [0.1, 0.15) is 31.6 Å². The lowest BCUT2D eigenvalue weighted by molar-refractivity contribution is 0.367. The van der Waals surface area contributed by atoms with Gasteiger partial charge in [0.1, 0.15) is 11.6 Å². The molecule has 104 valence electrons. The number of rotatable bonds is 2. The van der Waals surface area contributed by atoms with E-state index in [1.54, 1.807) is 0 Å². The van der Waals surface area contributed by atoms with Gasteiger partial charge in [-0.25, -0.2) is 9.37 Å². The first-order valence-corrected chi connectivity index (χ1v) is 6.66. The second-order valence-electron chi connectivity index (χ2n) is 4.87. The Bertz CT molecular complexity index is 561. The fourth-order valence-electron chi connectivity index (χ4n) is 2.84. The molecule has 1 aliphatic heterocycles. The van der Waals surface area contributed by atoms with E-state index < -0.39 is 0 Å². The van der Waals surface area contributed by atoms with Crippen molar-refractivity contribution in [1.29, 1.82) is 0 Å². The maximum Gasteiger partial charge on any atom is 0.125 e. The second kappa shape index (κ2) is 5.88. The summed E-state index contributed by atoms with van der Waals surface area (Å²) in [6, 6.07) is 5.42. The molecule has 0 radical (unpaired) electrons. The Morgan fingerprint density at radius 2 is 2.11 bits per heavy atom. The lowest BCUT2D eigenvalue weighted by Gasteiger charge is -2.26. The second-order valence-corrected chi connectivity index (χ2v) is 4.87. The molecule has 5 heteroatoms. The van der Waals surface area contributed by atoms with E-state index in [1.807, 2.05) is 6.07 Å². The Hall–Kier alpha value is -1.13. The third-order valence-electron chi connectivity index (χ3n) is 3.71. The highest BCUT2D eigenvalue weighted by atomic mass is 35.5. The fourth-order valence-corrected chi connectivity index (χ4v) is 2.84. The van der Waals surface area contributed by atoms with Crippen LogP contribution in [-0.4, -0.2) is 22.6 Å². The molecule has 3 nitrogen and oxygen atoms in total. The van der Waals surface area contributed by atoms with Gasteiger partial charge in [0, 0.05) is 18.5 Å². The van der Waals surface area contributed by atoms with Crippen LogP contribution in [0.15, 0.2) is 18.2 Å². The monoisotopic (exact) mass is 283 g/mol. The number of fused-ring (bicyclic) bond motifs is 1. The highest BCUT2D eigenvalue weighted by Crippen LogP contribution is 2.27. The Morgan fingerprint density at radius 1 is 1.37 bits per heavy atom. The number of nitrogens with zero attached hydrogens (tertiary/aromatic N) is 2. The molecular weight excluding hydrogens is 265 g/mol. The van der Waals surface area contributed by atoms with Gasteiger partial charge in [0.15, 0.2) is 0 Å². The van der Waals surface area contributed by atoms with Crippen molar-refractivity contribution >= 4 is 23.4 Å². The third-order valence-corrected chi connectivity index (χ3v) is 3.71. The van der Waals surface area contributed by atoms with Gasteiger partial charge in [0.25, 0.3) is 0 Å². The molecule has 0 spiro atoms. The van der Waals surface area contributed by atoms with E-state index in [2.05, 4.69) is 21.8 Å². The number of benzene rings is 1. The van der Waals surface area contributed by atoms with Crippen LogP contribution in [0.5, 0.6) is 0 Å². The van der Waals surface area contributed by atoms with E-state index in [9.17, 15) is 4.39 Å². The van der Waals surface area contributed by atoms with E-state index in [1.165, 1.54) is 12.1 Å². The molecule has 2 aromatic rings. The SMILES string of the molecule is CCc1nc2cc(F)ccc2n1C1CCNCC1.Cl. The molecule has 1 saturated heterocycles. The normalized spacial score (nSPS) is 16.5. The van der Waals surface area contributed by atoms with Gasteiger partial charge in [-0.1, -0.05) is 6.92 Å². The van der Waals surface area contributed by atoms with Crippen molar-refractivity contribution in [1.82, 2.24) is 14.9 Å². The van der Waals surface area contributed by atoms with Crippen LogP contribution >= 0.6 is 12.4 Å². The predicted molar refractivity (Wildman–Crippen MR) is 77.5 cm³/mol. The first kappa shape index (κ1) is 14.3. The van der Waals surface area contributed by atoms with Crippen molar-refractivity contribution in [3.8, 4) is 0 Å². The Morgan fingerprint density at radius 3 is 2.79 bits per heavy atom. The molecule has 19 heavy (non-hydrogen) atoms. The molecule has 1 aromatic heterocycles. The van der Waals surface area contributed by atoms with Crippen molar-refractivity contribution in [2.45, 2.75) is 32.2 Å². The fraction of sp³-hybridized carbons (Fsp3) is 0.500. The van der Waals surface area contributed by atoms with Crippen LogP contribution in [0.2, 0.25) is 0 Å². The minimum atomic E-state index is -0.208. The molecule has 0 unspecified atom stereocenters. The van der Waals surface area contributed by atoms with Gasteiger partial charge in [-0.2, -0.15) is 0 Å². The summed E-state index contributed by atoms with van der Waals surface area (Å²) in [6.07, 6.45) is 3.13. The first-order valence-electron chi connectivity index (χ1n) is 6.66. The highest BCUT2D eigenvalue weighted by molar-refractivity contribution is 5.85. The van der Waals surface area contributed by atoms with E-state index in [0.29, 0.717) is 6.04 Å². The predicted octanol–water partition coefficient (Wildman–Crippen LogP) is 3.08. The summed E-state index contributed by atoms with van der Waals surface area (Å²) >= 11 is 0. The van der Waals surface area contributed by atoms with Crippen LogP contribution in [-0.2, 0) is 6.42 Å². The molecular formula is C14H19ClFN3. The number of hydrogen-bond donors (Lipinski definition) is 1. The van der Waals surface area contributed by atoms with Gasteiger partial charge in [-0.05, 0) is 38.1 Å². The van der Waals surface area contributed by atoms with Crippen LogP contribution in [0, 0.1) is 5.82 Å². The van der Waals surface area contributed by atoms with Crippen LogP contribution in [0.4, 0.5) is 4.39 Å². The highest BCUT2D eigenvalue weighted by Gasteiger charge is 2.20. The zero-order valence-electron chi connectivity index (χ0n) is 11.0. The van der Waals surface area contributed by atoms with Gasteiger partial charge in [-0.3, -0.25) is 0 Å². The molecule has 1 fully saturated rings. The number of halogens is 2. The van der Waals surface area contributed by atoms with Crippen LogP contribution in [0.3, 0.4) is 0 Å². The van der Waals surface area contributed by atoms with Gasteiger partial charge in [0.05, 0.1) is 11.0 Å². The number of piperidine rings is 1. The van der Waals surface area contributed by atoms with Gasteiger partial charge in [0.2, 0.25) is 0 Å². The zero-order valence-corrected chi connectivity index (χ0v) is 11.8. The summed E-state index contributed by atoms with van der Waals surface area (Å²) in [5.41, 5.74) is 1.85. The Kier molecular flexibility index (Phi) is 4.42. The number of aryl methyl sites for hydroxylation is 1. The quantitative estimate of drug-likeness (QED) is 0.918. The van der Waals surface area contributed by atoms with Crippen molar-refractivity contribution in [3.05, 3.63) is 29.8 Å². The summed E-state index contributed by atoms with van der Waals surface area (Å²) in [7, 11) is 0. The van der Waals surface area contributed by atoms with Crippen molar-refractivity contribution < 1.29 is 4.39 Å². The van der Waals surface area contributed by atoms with Gasteiger partial charge < -0.3 is 9.88 Å². The van der Waals surface area contributed by atoms with E-state index in [4.69, 9.17) is 0 Å². The molecule has 1 aliphatic rings. The van der Waals surface area contributed by atoms with E-state index in [-0.39, 0.29) is 18.2 Å². The third kappa shape index (κ3) is 2.60. The lowest BCUT2D eigenvalue weighted by atomic mass is 10.1. The molecule has 1 N–H and O–H groups in total. The Labute approximate surface area is 118 Å². The van der Waals surface area contributed by atoms with Crippen molar-refractivity contribution in [2.24, 2.45) is 0 Å². The summed E-state index contributed by atoms with van der Waals surface area (Å²) < 4.78 is 15.6. The van der Waals surface area contributed by atoms with Crippen LogP contribution in [0.25, 0.3) is 11.0 Å². The maximum absolute atomic E-state index is 13.3. The molecule has 0 saturated carbocycles. The van der Waals surface area contributed by atoms with Gasteiger partial charge >= 0.3 is 0 Å². The summed E-state index contributed by atoms with van der Waals surface area (Å²) in [4.78, 5) is 4.57. The van der Waals surface area contributed by atoms with Crippen molar-refractivity contribution in [3.63, 3.8) is 0 Å². The molecule has 0 amide bonds. The smallest absolute Gasteiger partial charge is 0.125 e. The number of hydrogen-bond acceptors (Lipinski definition) is 2. The maximum atomic E-state index is 13.3. The summed E-state index contributed by atoms with van der Waals surface area (Å²) in [6.45, 7) is 4.21.